The van der Waals surface area contributed by atoms with Crippen LogP contribution >= 0.6 is 0 Å². The molecule has 6 heteroatoms. The second-order valence-electron chi connectivity index (χ2n) is 8.56. The van der Waals surface area contributed by atoms with Crippen LogP contribution in [0.2, 0.25) is 0 Å². The molecular weight excluding hydrogens is 364 g/mol. The molecule has 0 spiro atoms. The van der Waals surface area contributed by atoms with Crippen molar-refractivity contribution in [3.63, 3.8) is 0 Å². The van der Waals surface area contributed by atoms with Gasteiger partial charge in [-0.1, -0.05) is 32.1 Å². The number of amides is 1. The topological polar surface area (TPSA) is 59.4 Å². The lowest BCUT2D eigenvalue weighted by Crippen LogP contribution is -2.35. The fraction of sp³-hybridized carbons (Fsp3) is 0.478. The largest absolute Gasteiger partial charge is 0.379 e. The fourth-order valence-corrected chi connectivity index (χ4v) is 4.08. The van der Waals surface area contributed by atoms with Gasteiger partial charge in [-0.2, -0.15) is 5.10 Å². The molecule has 2 aliphatic heterocycles. The fourth-order valence-electron chi connectivity index (χ4n) is 4.08. The summed E-state index contributed by atoms with van der Waals surface area (Å²) in [5, 5.41) is 8.47. The number of anilines is 2. The number of carbonyl (C=O) groups excluding carboxylic acids is 1. The van der Waals surface area contributed by atoms with Crippen LogP contribution in [0.1, 0.15) is 50.1 Å². The maximum absolute atomic E-state index is 12.0. The van der Waals surface area contributed by atoms with Gasteiger partial charge in [-0.05, 0) is 24.1 Å². The number of allylic oxidation sites excluding steroid dienone is 1. The van der Waals surface area contributed by atoms with Gasteiger partial charge in [0.25, 0.3) is 0 Å². The first kappa shape index (κ1) is 19.7. The second-order valence-corrected chi connectivity index (χ2v) is 8.56. The second kappa shape index (κ2) is 7.67. The summed E-state index contributed by atoms with van der Waals surface area (Å²) in [5.41, 5.74) is 4.42. The van der Waals surface area contributed by atoms with Gasteiger partial charge in [0, 0.05) is 48.9 Å². The molecule has 0 radical (unpaired) electrons. The van der Waals surface area contributed by atoms with Crippen LogP contribution in [0.5, 0.6) is 0 Å². The normalized spacial score (nSPS) is 19.1. The Bertz CT molecular complexity index is 925. The SMILES string of the molecule is C=CC(C)(C)c1cccc(Nc2nn(C3CCOC3)c3c2CN(C(C)=O)CC3)c1. The Hall–Kier alpha value is -2.60. The van der Waals surface area contributed by atoms with Gasteiger partial charge < -0.3 is 15.0 Å². The van der Waals surface area contributed by atoms with E-state index in [0.717, 1.165) is 43.1 Å². The highest BCUT2D eigenvalue weighted by molar-refractivity contribution is 5.74. The average Bonchev–Trinajstić information content (AvgIpc) is 3.36. The standard InChI is InChI=1S/C23H30N4O2/c1-5-23(3,4)17-7-6-8-18(13-17)24-22-20-14-26(16(2)28)11-9-21(20)27(25-22)19-10-12-29-15-19/h5-8,13,19H,1,9-12,14-15H2,2-4H3,(H,24,25). The Balaban J connectivity index is 1.69. The summed E-state index contributed by atoms with van der Waals surface area (Å²) in [4.78, 5) is 13.9. The summed E-state index contributed by atoms with van der Waals surface area (Å²) in [6, 6.07) is 8.65. The summed E-state index contributed by atoms with van der Waals surface area (Å²) in [5.74, 6) is 0.944. The van der Waals surface area contributed by atoms with Crippen LogP contribution in [0, 0.1) is 0 Å². The molecule has 1 N–H and O–H groups in total. The van der Waals surface area contributed by atoms with E-state index < -0.39 is 0 Å². The highest BCUT2D eigenvalue weighted by Gasteiger charge is 2.30. The van der Waals surface area contributed by atoms with E-state index >= 15 is 0 Å². The third kappa shape index (κ3) is 3.81. The maximum Gasteiger partial charge on any atom is 0.219 e. The Kier molecular flexibility index (Phi) is 5.21. The first-order valence-corrected chi connectivity index (χ1v) is 10.3. The van der Waals surface area contributed by atoms with E-state index in [1.54, 1.807) is 6.92 Å². The number of nitrogens with one attached hydrogen (secondary N) is 1. The minimum Gasteiger partial charge on any atom is -0.379 e. The van der Waals surface area contributed by atoms with Gasteiger partial charge in [-0.25, -0.2) is 0 Å². The first-order chi connectivity index (χ1) is 13.9. The van der Waals surface area contributed by atoms with Crippen molar-refractivity contribution in [2.75, 3.05) is 25.1 Å². The van der Waals surface area contributed by atoms with Gasteiger partial charge in [0.05, 0.1) is 19.2 Å². The summed E-state index contributed by atoms with van der Waals surface area (Å²) >= 11 is 0. The van der Waals surface area contributed by atoms with Gasteiger partial charge >= 0.3 is 0 Å². The van der Waals surface area contributed by atoms with Crippen molar-refractivity contribution < 1.29 is 9.53 Å². The first-order valence-electron chi connectivity index (χ1n) is 10.3. The highest BCUT2D eigenvalue weighted by atomic mass is 16.5. The minimum atomic E-state index is -0.108. The summed E-state index contributed by atoms with van der Waals surface area (Å²) < 4.78 is 7.74. The number of rotatable bonds is 5. The number of aromatic nitrogens is 2. The third-order valence-corrected chi connectivity index (χ3v) is 6.16. The summed E-state index contributed by atoms with van der Waals surface area (Å²) in [6.45, 7) is 12.7. The Morgan fingerprint density at radius 2 is 2.24 bits per heavy atom. The summed E-state index contributed by atoms with van der Waals surface area (Å²) in [7, 11) is 0. The van der Waals surface area contributed by atoms with Gasteiger partial charge in [-0.3, -0.25) is 9.48 Å². The molecule has 2 aliphatic rings. The van der Waals surface area contributed by atoms with Gasteiger partial charge in [0.15, 0.2) is 5.82 Å². The van der Waals surface area contributed by atoms with Crippen LogP contribution in [0.25, 0.3) is 0 Å². The number of carbonyl (C=O) groups is 1. The molecule has 3 heterocycles. The van der Waals surface area contributed by atoms with E-state index in [0.29, 0.717) is 13.2 Å². The molecule has 1 aromatic carbocycles. The molecule has 154 valence electrons. The van der Waals surface area contributed by atoms with Crippen LogP contribution in [-0.2, 0) is 27.9 Å². The van der Waals surface area contributed by atoms with E-state index in [4.69, 9.17) is 9.84 Å². The van der Waals surface area contributed by atoms with E-state index in [1.807, 2.05) is 11.0 Å². The van der Waals surface area contributed by atoms with E-state index in [1.165, 1.54) is 11.3 Å². The van der Waals surface area contributed by atoms with Crippen molar-refractivity contribution in [3.8, 4) is 0 Å². The van der Waals surface area contributed by atoms with Crippen LogP contribution in [0.3, 0.4) is 0 Å². The maximum atomic E-state index is 12.0. The van der Waals surface area contributed by atoms with Crippen LogP contribution in [-0.4, -0.2) is 40.3 Å². The number of hydrogen-bond donors (Lipinski definition) is 1. The third-order valence-electron chi connectivity index (χ3n) is 6.16. The van der Waals surface area contributed by atoms with Crippen molar-refractivity contribution >= 4 is 17.4 Å². The molecule has 4 rings (SSSR count). The molecule has 0 saturated carbocycles. The lowest BCUT2D eigenvalue weighted by atomic mass is 9.85. The molecule has 1 amide bonds. The molecule has 6 nitrogen and oxygen atoms in total. The highest BCUT2D eigenvalue weighted by Crippen LogP contribution is 2.33. The molecule has 0 bridgehead atoms. The number of fused-ring (bicyclic) bond motifs is 1. The zero-order valence-electron chi connectivity index (χ0n) is 17.6. The van der Waals surface area contributed by atoms with Crippen molar-refractivity contribution in [1.29, 1.82) is 0 Å². The molecule has 1 fully saturated rings. The van der Waals surface area contributed by atoms with Crippen molar-refractivity contribution in [2.24, 2.45) is 0 Å². The molecule has 29 heavy (non-hydrogen) atoms. The van der Waals surface area contributed by atoms with Crippen LogP contribution < -0.4 is 5.32 Å². The quantitative estimate of drug-likeness (QED) is 0.780. The smallest absolute Gasteiger partial charge is 0.219 e. The van der Waals surface area contributed by atoms with Crippen molar-refractivity contribution in [3.05, 3.63) is 53.7 Å². The van der Waals surface area contributed by atoms with E-state index in [-0.39, 0.29) is 17.4 Å². The van der Waals surface area contributed by atoms with E-state index in [9.17, 15) is 4.79 Å². The minimum absolute atomic E-state index is 0.105. The lowest BCUT2D eigenvalue weighted by molar-refractivity contribution is -0.129. The monoisotopic (exact) mass is 394 g/mol. The van der Waals surface area contributed by atoms with Gasteiger partial charge in [0.1, 0.15) is 0 Å². The summed E-state index contributed by atoms with van der Waals surface area (Å²) in [6.07, 6.45) is 3.77. The molecule has 1 unspecified atom stereocenters. The number of hydrogen-bond acceptors (Lipinski definition) is 4. The predicted molar refractivity (Wildman–Crippen MR) is 114 cm³/mol. The van der Waals surface area contributed by atoms with Crippen molar-refractivity contribution in [2.45, 2.75) is 51.6 Å². The Morgan fingerprint density at radius 1 is 1.41 bits per heavy atom. The molecule has 1 aromatic heterocycles. The zero-order chi connectivity index (χ0) is 20.6. The van der Waals surface area contributed by atoms with E-state index in [2.05, 4.69) is 54.7 Å². The molecule has 2 aromatic rings. The van der Waals surface area contributed by atoms with Crippen LogP contribution in [0.15, 0.2) is 36.9 Å². The number of benzene rings is 1. The Morgan fingerprint density at radius 3 is 2.93 bits per heavy atom. The number of ether oxygens (including phenoxy) is 1. The molecule has 1 atom stereocenters. The number of nitrogens with zero attached hydrogens (tertiary/aromatic N) is 3. The van der Waals surface area contributed by atoms with Crippen molar-refractivity contribution in [1.82, 2.24) is 14.7 Å². The molecular formula is C23H30N4O2. The van der Waals surface area contributed by atoms with Gasteiger partial charge in [0.2, 0.25) is 5.91 Å². The molecule has 1 saturated heterocycles. The Labute approximate surface area is 172 Å². The average molecular weight is 395 g/mol. The van der Waals surface area contributed by atoms with Gasteiger partial charge in [-0.15, -0.1) is 6.58 Å². The zero-order valence-corrected chi connectivity index (χ0v) is 17.6. The lowest BCUT2D eigenvalue weighted by Gasteiger charge is -2.27. The molecule has 0 aliphatic carbocycles. The van der Waals surface area contributed by atoms with Crippen LogP contribution in [0.4, 0.5) is 11.5 Å². The predicted octanol–water partition coefficient (Wildman–Crippen LogP) is 3.96.